The zero-order chi connectivity index (χ0) is 15.9. The average Bonchev–Trinajstić information content (AvgIpc) is 2.46. The third-order valence-electron chi connectivity index (χ3n) is 4.83. The van der Waals surface area contributed by atoms with Gasteiger partial charge in [-0.15, -0.1) is 0 Å². The quantitative estimate of drug-likeness (QED) is 0.843. The van der Waals surface area contributed by atoms with Crippen molar-refractivity contribution >= 4 is 17.6 Å². The Kier molecular flexibility index (Phi) is 3.77. The Balaban J connectivity index is 1.84. The van der Waals surface area contributed by atoms with Crippen LogP contribution in [0, 0.1) is 37.5 Å². The number of anilines is 1. The van der Waals surface area contributed by atoms with Gasteiger partial charge in [-0.25, -0.2) is 0 Å². The molecule has 0 aliphatic heterocycles. The van der Waals surface area contributed by atoms with Crippen molar-refractivity contribution in [1.29, 1.82) is 0 Å². The molecule has 2 bridgehead atoms. The molecule has 1 aromatic rings. The Labute approximate surface area is 130 Å². The van der Waals surface area contributed by atoms with Crippen LogP contribution in [0.25, 0.3) is 0 Å². The SMILES string of the molecule is Cc1cc(C)cc(NC(=O)C2C3C=CC(CC3)C2C(=O)O)c1. The van der Waals surface area contributed by atoms with Gasteiger partial charge in [-0.2, -0.15) is 0 Å². The molecule has 4 nitrogen and oxygen atoms in total. The van der Waals surface area contributed by atoms with Gasteiger partial charge >= 0.3 is 5.97 Å². The molecule has 0 aromatic heterocycles. The van der Waals surface area contributed by atoms with Crippen LogP contribution in [0.15, 0.2) is 30.4 Å². The third kappa shape index (κ3) is 2.65. The molecule has 3 aliphatic carbocycles. The number of carboxylic acids is 1. The molecular weight excluding hydrogens is 278 g/mol. The number of hydrogen-bond donors (Lipinski definition) is 2. The van der Waals surface area contributed by atoms with E-state index in [9.17, 15) is 14.7 Å². The minimum atomic E-state index is -0.861. The smallest absolute Gasteiger partial charge is 0.307 e. The standard InChI is InChI=1S/C18H21NO3/c1-10-7-11(2)9-14(8-10)19-17(20)15-12-3-5-13(6-4-12)16(15)18(21)22/h3,5,7-9,12-13,15-16H,4,6H2,1-2H3,(H,19,20)(H,21,22). The number of carbonyl (C=O) groups is 2. The van der Waals surface area contributed by atoms with Crippen LogP contribution in [0.5, 0.6) is 0 Å². The summed E-state index contributed by atoms with van der Waals surface area (Å²) in [6, 6.07) is 5.87. The molecule has 0 spiro atoms. The fraction of sp³-hybridized carbons (Fsp3) is 0.444. The molecule has 1 fully saturated rings. The number of allylic oxidation sites excluding steroid dienone is 2. The number of benzene rings is 1. The minimum Gasteiger partial charge on any atom is -0.481 e. The second kappa shape index (κ2) is 5.59. The Morgan fingerprint density at radius 2 is 1.55 bits per heavy atom. The lowest BCUT2D eigenvalue weighted by molar-refractivity contribution is -0.151. The van der Waals surface area contributed by atoms with Gasteiger partial charge in [-0.05, 0) is 61.8 Å². The molecule has 22 heavy (non-hydrogen) atoms. The molecule has 4 heteroatoms. The van der Waals surface area contributed by atoms with Gasteiger partial charge in [0.15, 0.2) is 0 Å². The molecule has 3 aliphatic rings. The summed E-state index contributed by atoms with van der Waals surface area (Å²) in [6.07, 6.45) is 5.77. The van der Waals surface area contributed by atoms with Gasteiger partial charge in [0.1, 0.15) is 0 Å². The van der Waals surface area contributed by atoms with E-state index < -0.39 is 17.8 Å². The highest BCUT2D eigenvalue weighted by molar-refractivity contribution is 5.96. The number of carbonyl (C=O) groups excluding carboxylic acids is 1. The molecule has 4 atom stereocenters. The highest BCUT2D eigenvalue weighted by Gasteiger charge is 2.48. The van der Waals surface area contributed by atoms with E-state index in [1.807, 2.05) is 44.2 Å². The highest BCUT2D eigenvalue weighted by atomic mass is 16.4. The number of fused-ring (bicyclic) bond motifs is 2. The summed E-state index contributed by atoms with van der Waals surface area (Å²) in [5, 5.41) is 12.4. The molecule has 1 amide bonds. The lowest BCUT2D eigenvalue weighted by atomic mass is 9.62. The summed E-state index contributed by atoms with van der Waals surface area (Å²) in [4.78, 5) is 24.3. The van der Waals surface area contributed by atoms with Gasteiger partial charge in [0.05, 0.1) is 11.8 Å². The molecule has 4 rings (SSSR count). The lowest BCUT2D eigenvalue weighted by Gasteiger charge is -2.41. The first-order valence-electron chi connectivity index (χ1n) is 7.76. The number of hydrogen-bond acceptors (Lipinski definition) is 2. The maximum Gasteiger partial charge on any atom is 0.307 e. The average molecular weight is 299 g/mol. The number of nitrogens with one attached hydrogen (secondary N) is 1. The fourth-order valence-electron chi connectivity index (χ4n) is 3.96. The van der Waals surface area contributed by atoms with E-state index in [4.69, 9.17) is 0 Å². The van der Waals surface area contributed by atoms with Crippen molar-refractivity contribution in [3.63, 3.8) is 0 Å². The number of aryl methyl sites for hydroxylation is 2. The van der Waals surface area contributed by atoms with Crippen LogP contribution in [-0.2, 0) is 9.59 Å². The normalized spacial score (nSPS) is 29.4. The second-order valence-electron chi connectivity index (χ2n) is 6.55. The molecule has 1 aromatic carbocycles. The van der Waals surface area contributed by atoms with Crippen LogP contribution >= 0.6 is 0 Å². The summed E-state index contributed by atoms with van der Waals surface area (Å²) in [5.74, 6) is -2.08. The van der Waals surface area contributed by atoms with Crippen molar-refractivity contribution in [1.82, 2.24) is 0 Å². The van der Waals surface area contributed by atoms with E-state index in [2.05, 4.69) is 5.32 Å². The van der Waals surface area contributed by atoms with E-state index in [1.165, 1.54) is 0 Å². The summed E-state index contributed by atoms with van der Waals surface area (Å²) < 4.78 is 0. The Hall–Kier alpha value is -2.10. The van der Waals surface area contributed by atoms with Crippen LogP contribution in [0.3, 0.4) is 0 Å². The maximum atomic E-state index is 12.7. The summed E-state index contributed by atoms with van der Waals surface area (Å²) >= 11 is 0. The fourth-order valence-corrected chi connectivity index (χ4v) is 3.96. The molecule has 0 heterocycles. The second-order valence-corrected chi connectivity index (χ2v) is 6.55. The molecular formula is C18H21NO3. The first kappa shape index (κ1) is 14.8. The number of amides is 1. The van der Waals surface area contributed by atoms with Gasteiger partial charge in [-0.3, -0.25) is 9.59 Å². The predicted octanol–water partition coefficient (Wildman–Crippen LogP) is 3.15. The van der Waals surface area contributed by atoms with Crippen molar-refractivity contribution in [2.24, 2.45) is 23.7 Å². The van der Waals surface area contributed by atoms with Crippen molar-refractivity contribution < 1.29 is 14.7 Å². The van der Waals surface area contributed by atoms with E-state index in [-0.39, 0.29) is 17.7 Å². The van der Waals surface area contributed by atoms with Gasteiger partial charge < -0.3 is 10.4 Å². The Morgan fingerprint density at radius 3 is 2.05 bits per heavy atom. The van der Waals surface area contributed by atoms with Crippen LogP contribution < -0.4 is 5.32 Å². The van der Waals surface area contributed by atoms with Crippen LogP contribution in [-0.4, -0.2) is 17.0 Å². The van der Waals surface area contributed by atoms with Gasteiger partial charge in [0.25, 0.3) is 0 Å². The van der Waals surface area contributed by atoms with Crippen molar-refractivity contribution in [3.8, 4) is 0 Å². The summed E-state index contributed by atoms with van der Waals surface area (Å²) in [7, 11) is 0. The zero-order valence-corrected chi connectivity index (χ0v) is 12.9. The molecule has 116 valence electrons. The predicted molar refractivity (Wildman–Crippen MR) is 84.5 cm³/mol. The van der Waals surface area contributed by atoms with Crippen molar-refractivity contribution in [2.75, 3.05) is 5.32 Å². The minimum absolute atomic E-state index is 0.0162. The van der Waals surface area contributed by atoms with Gasteiger partial charge in [0.2, 0.25) is 5.91 Å². The van der Waals surface area contributed by atoms with Crippen molar-refractivity contribution in [3.05, 3.63) is 41.5 Å². The Morgan fingerprint density at radius 1 is 1.00 bits per heavy atom. The van der Waals surface area contributed by atoms with Crippen LogP contribution in [0.1, 0.15) is 24.0 Å². The van der Waals surface area contributed by atoms with E-state index in [1.54, 1.807) is 0 Å². The Bertz CT molecular complexity index is 629. The first-order chi connectivity index (χ1) is 10.5. The van der Waals surface area contributed by atoms with Gasteiger partial charge in [-0.1, -0.05) is 18.2 Å². The summed E-state index contributed by atoms with van der Waals surface area (Å²) in [6.45, 7) is 3.96. The first-order valence-corrected chi connectivity index (χ1v) is 7.76. The number of aliphatic carboxylic acids is 1. The molecule has 0 radical (unpaired) electrons. The molecule has 4 unspecified atom stereocenters. The lowest BCUT2D eigenvalue weighted by Crippen LogP contribution is -2.47. The number of rotatable bonds is 3. The van der Waals surface area contributed by atoms with Crippen LogP contribution in [0.4, 0.5) is 5.69 Å². The largest absolute Gasteiger partial charge is 0.481 e. The van der Waals surface area contributed by atoms with Gasteiger partial charge in [0, 0.05) is 5.69 Å². The van der Waals surface area contributed by atoms with Crippen molar-refractivity contribution in [2.45, 2.75) is 26.7 Å². The maximum absolute atomic E-state index is 12.7. The summed E-state index contributed by atoms with van der Waals surface area (Å²) in [5.41, 5.74) is 2.90. The molecule has 1 saturated carbocycles. The highest BCUT2D eigenvalue weighted by Crippen LogP contribution is 2.45. The van der Waals surface area contributed by atoms with E-state index >= 15 is 0 Å². The van der Waals surface area contributed by atoms with E-state index in [0.717, 1.165) is 29.7 Å². The monoisotopic (exact) mass is 299 g/mol. The van der Waals surface area contributed by atoms with Crippen LogP contribution in [0.2, 0.25) is 0 Å². The zero-order valence-electron chi connectivity index (χ0n) is 12.9. The molecule has 2 N–H and O–H groups in total. The van der Waals surface area contributed by atoms with E-state index in [0.29, 0.717) is 0 Å². The topological polar surface area (TPSA) is 66.4 Å². The molecule has 0 saturated heterocycles. The number of carboxylic acid groups (broad SMARTS) is 1. The third-order valence-corrected chi connectivity index (χ3v) is 4.83.